The van der Waals surface area contributed by atoms with Gasteiger partial charge in [0.25, 0.3) is 5.78 Å². The van der Waals surface area contributed by atoms with Crippen LogP contribution in [-0.2, 0) is 37.7 Å². The summed E-state index contributed by atoms with van der Waals surface area (Å²) in [5.74, 6) is -2.50. The monoisotopic (exact) mass is 517 g/mol. The van der Waals surface area contributed by atoms with Crippen molar-refractivity contribution in [3.8, 4) is 5.75 Å². The van der Waals surface area contributed by atoms with E-state index in [9.17, 15) is 26.4 Å². The van der Waals surface area contributed by atoms with Gasteiger partial charge in [0.1, 0.15) is 10.6 Å². The van der Waals surface area contributed by atoms with Gasteiger partial charge in [-0.05, 0) is 35.4 Å². The lowest BCUT2D eigenvalue weighted by Gasteiger charge is -2.24. The molecule has 0 spiro atoms. The van der Waals surface area contributed by atoms with Crippen molar-refractivity contribution in [2.24, 2.45) is 0 Å². The Morgan fingerprint density at radius 1 is 0.829 bits per heavy atom. The molecule has 35 heavy (non-hydrogen) atoms. The number of Topliss-reactive ketones (excluding diaryl/α,β-unsaturated/α-hetero) is 1. The quantitative estimate of drug-likeness (QED) is 0.320. The Labute approximate surface area is 203 Å². The molecule has 0 fully saturated rings. The summed E-state index contributed by atoms with van der Waals surface area (Å²) < 4.78 is 57.2. The van der Waals surface area contributed by atoms with E-state index >= 15 is 0 Å². The number of sulfone groups is 1. The summed E-state index contributed by atoms with van der Waals surface area (Å²) in [6.07, 6.45) is 1.08. The predicted molar refractivity (Wildman–Crippen MR) is 127 cm³/mol. The first-order valence-corrected chi connectivity index (χ1v) is 13.6. The second kappa shape index (κ2) is 10.4. The van der Waals surface area contributed by atoms with Crippen LogP contribution in [-0.4, -0.2) is 51.4 Å². The maximum atomic E-state index is 13.6. The molecule has 9 nitrogen and oxygen atoms in total. The first-order chi connectivity index (χ1) is 16.4. The van der Waals surface area contributed by atoms with E-state index in [0.29, 0.717) is 11.1 Å². The lowest BCUT2D eigenvalue weighted by molar-refractivity contribution is -0.131. The Balaban J connectivity index is 2.00. The van der Waals surface area contributed by atoms with Gasteiger partial charge in [-0.15, -0.1) is 0 Å². The highest BCUT2D eigenvalue weighted by atomic mass is 32.2. The normalized spacial score (nSPS) is 11.9. The van der Waals surface area contributed by atoms with Gasteiger partial charge in [-0.2, -0.15) is 4.31 Å². The van der Waals surface area contributed by atoms with Gasteiger partial charge in [-0.3, -0.25) is 4.79 Å². The standard InChI is InChI=1S/C24H23NO8S2/c1-33-21-5-3-4-6-22(21)35(31,32)25(16-18-9-13-20(14-10-18)34(2,29)30)15-17-7-11-19(12-8-17)23(26)24(27)28/h3-14H,15-16H2,1-2H3,(H,27,28). The molecule has 3 aromatic carbocycles. The number of sulfonamides is 1. The van der Waals surface area contributed by atoms with Crippen LogP contribution in [0, 0.1) is 0 Å². The number of ketones is 1. The van der Waals surface area contributed by atoms with Crippen molar-refractivity contribution >= 4 is 31.6 Å². The molecule has 0 bridgehead atoms. The summed E-state index contributed by atoms with van der Waals surface area (Å²) in [6, 6.07) is 17.6. The average Bonchev–Trinajstić information content (AvgIpc) is 2.83. The van der Waals surface area contributed by atoms with E-state index in [1.54, 1.807) is 12.1 Å². The van der Waals surface area contributed by atoms with Crippen LogP contribution in [0.1, 0.15) is 21.5 Å². The SMILES string of the molecule is COc1ccccc1S(=O)(=O)N(Cc1ccc(C(=O)C(=O)O)cc1)Cc1ccc(S(C)(=O)=O)cc1. The molecule has 3 aromatic rings. The minimum atomic E-state index is -4.09. The van der Waals surface area contributed by atoms with Gasteiger partial charge in [0.2, 0.25) is 10.0 Å². The highest BCUT2D eigenvalue weighted by molar-refractivity contribution is 7.90. The predicted octanol–water partition coefficient (Wildman–Crippen LogP) is 2.76. The number of methoxy groups -OCH3 is 1. The first-order valence-electron chi connectivity index (χ1n) is 10.2. The molecule has 0 aliphatic carbocycles. The van der Waals surface area contributed by atoms with Crippen molar-refractivity contribution in [2.75, 3.05) is 13.4 Å². The first kappa shape index (κ1) is 26.1. The minimum absolute atomic E-state index is 0.0308. The van der Waals surface area contributed by atoms with Crippen LogP contribution in [0.25, 0.3) is 0 Å². The number of rotatable bonds is 10. The Kier molecular flexibility index (Phi) is 7.73. The summed E-state index contributed by atoms with van der Waals surface area (Å²) in [7, 11) is -6.14. The second-order valence-corrected chi connectivity index (χ2v) is 11.6. The van der Waals surface area contributed by atoms with Gasteiger partial charge in [0.05, 0.1) is 12.0 Å². The van der Waals surface area contributed by atoms with E-state index < -0.39 is 31.6 Å². The largest absolute Gasteiger partial charge is 0.495 e. The van der Waals surface area contributed by atoms with Crippen LogP contribution in [0.15, 0.2) is 82.6 Å². The smallest absolute Gasteiger partial charge is 0.377 e. The Morgan fingerprint density at radius 2 is 1.34 bits per heavy atom. The number of ether oxygens (including phenoxy) is 1. The molecule has 0 aliphatic rings. The summed E-state index contributed by atoms with van der Waals surface area (Å²) in [6.45, 7) is -0.185. The van der Waals surface area contributed by atoms with Crippen LogP contribution in [0.5, 0.6) is 5.75 Å². The van der Waals surface area contributed by atoms with Gasteiger partial charge in [0, 0.05) is 24.9 Å². The van der Waals surface area contributed by atoms with Crippen molar-refractivity contribution in [1.82, 2.24) is 4.31 Å². The number of hydrogen-bond acceptors (Lipinski definition) is 7. The number of carbonyl (C=O) groups is 2. The third kappa shape index (κ3) is 6.13. The molecule has 1 N–H and O–H groups in total. The van der Waals surface area contributed by atoms with Gasteiger partial charge < -0.3 is 9.84 Å². The number of carbonyl (C=O) groups excluding carboxylic acids is 1. The Bertz CT molecular complexity index is 1450. The lowest BCUT2D eigenvalue weighted by Crippen LogP contribution is -2.30. The molecule has 0 saturated heterocycles. The molecular weight excluding hydrogens is 494 g/mol. The summed E-state index contributed by atoms with van der Waals surface area (Å²) in [4.78, 5) is 22.6. The van der Waals surface area contributed by atoms with Crippen molar-refractivity contribution < 1.29 is 36.3 Å². The van der Waals surface area contributed by atoms with Crippen LogP contribution in [0.2, 0.25) is 0 Å². The van der Waals surface area contributed by atoms with Gasteiger partial charge >= 0.3 is 5.97 Å². The molecule has 0 amide bonds. The Hall–Kier alpha value is -3.54. The topological polar surface area (TPSA) is 135 Å². The molecular formula is C24H23NO8S2. The van der Waals surface area contributed by atoms with Gasteiger partial charge in [-0.25, -0.2) is 21.6 Å². The maximum absolute atomic E-state index is 13.6. The summed E-state index contributed by atoms with van der Waals surface area (Å²) in [5.41, 5.74) is 1.03. The van der Waals surface area contributed by atoms with E-state index in [-0.39, 0.29) is 34.2 Å². The summed E-state index contributed by atoms with van der Waals surface area (Å²) >= 11 is 0. The van der Waals surface area contributed by atoms with Crippen LogP contribution in [0.3, 0.4) is 0 Å². The fraction of sp³-hybridized carbons (Fsp3) is 0.167. The fourth-order valence-electron chi connectivity index (χ4n) is 3.33. The van der Waals surface area contributed by atoms with Crippen LogP contribution >= 0.6 is 0 Å². The zero-order valence-corrected chi connectivity index (χ0v) is 20.5. The molecule has 0 aromatic heterocycles. The minimum Gasteiger partial charge on any atom is -0.495 e. The highest BCUT2D eigenvalue weighted by Crippen LogP contribution is 2.29. The number of nitrogens with zero attached hydrogens (tertiary/aromatic N) is 1. The molecule has 3 rings (SSSR count). The highest BCUT2D eigenvalue weighted by Gasteiger charge is 2.28. The number of aliphatic carboxylic acids is 1. The average molecular weight is 518 g/mol. The number of hydrogen-bond donors (Lipinski definition) is 1. The van der Waals surface area contributed by atoms with E-state index in [2.05, 4.69) is 0 Å². The molecule has 0 radical (unpaired) electrons. The van der Waals surface area contributed by atoms with E-state index in [1.807, 2.05) is 0 Å². The van der Waals surface area contributed by atoms with Gasteiger partial charge in [-0.1, -0.05) is 48.5 Å². The fourth-order valence-corrected chi connectivity index (χ4v) is 5.53. The number of carboxylic acids is 1. The maximum Gasteiger partial charge on any atom is 0.377 e. The molecule has 0 unspecified atom stereocenters. The van der Waals surface area contributed by atoms with Crippen molar-refractivity contribution in [1.29, 1.82) is 0 Å². The van der Waals surface area contributed by atoms with Crippen LogP contribution < -0.4 is 4.74 Å². The van der Waals surface area contributed by atoms with Gasteiger partial charge in [0.15, 0.2) is 9.84 Å². The number of benzene rings is 3. The number of para-hydroxylation sites is 1. The van der Waals surface area contributed by atoms with E-state index in [0.717, 1.165) is 6.26 Å². The zero-order chi connectivity index (χ0) is 25.8. The summed E-state index contributed by atoms with van der Waals surface area (Å²) in [5, 5.41) is 8.88. The van der Waals surface area contributed by atoms with Crippen LogP contribution in [0.4, 0.5) is 0 Å². The van der Waals surface area contributed by atoms with Crippen molar-refractivity contribution in [3.05, 3.63) is 89.5 Å². The third-order valence-electron chi connectivity index (χ3n) is 5.17. The second-order valence-electron chi connectivity index (χ2n) is 7.67. The zero-order valence-electron chi connectivity index (χ0n) is 18.9. The van der Waals surface area contributed by atoms with Crippen molar-refractivity contribution in [3.63, 3.8) is 0 Å². The molecule has 11 heteroatoms. The molecule has 0 heterocycles. The molecule has 0 aliphatic heterocycles. The Morgan fingerprint density at radius 3 is 1.83 bits per heavy atom. The number of carboxylic acid groups (broad SMARTS) is 1. The lowest BCUT2D eigenvalue weighted by atomic mass is 10.1. The van der Waals surface area contributed by atoms with E-state index in [1.165, 1.54) is 72.1 Å². The molecule has 184 valence electrons. The molecule has 0 atom stereocenters. The van der Waals surface area contributed by atoms with Crippen molar-refractivity contribution in [2.45, 2.75) is 22.9 Å². The third-order valence-corrected chi connectivity index (χ3v) is 8.13. The molecule has 0 saturated carbocycles. The van der Waals surface area contributed by atoms with E-state index in [4.69, 9.17) is 9.84 Å².